The molecule has 0 amide bonds. The molecule has 40 heavy (non-hydrogen) atoms. The van der Waals surface area contributed by atoms with Gasteiger partial charge in [-0.2, -0.15) is 0 Å². The smallest absolute Gasteiger partial charge is 0.358 e. The molecule has 3 saturated carbocycles. The van der Waals surface area contributed by atoms with E-state index in [1.165, 1.54) is 6.20 Å². The number of pyridine rings is 2. The van der Waals surface area contributed by atoms with Crippen molar-refractivity contribution < 1.29 is 23.9 Å². The molecule has 10 heteroatoms. The van der Waals surface area contributed by atoms with E-state index in [1.807, 2.05) is 0 Å². The van der Waals surface area contributed by atoms with Crippen molar-refractivity contribution in [2.24, 2.45) is 11.8 Å². The van der Waals surface area contributed by atoms with Gasteiger partial charge in [0.05, 0.1) is 29.0 Å². The highest BCUT2D eigenvalue weighted by Gasteiger charge is 2.33. The standard InChI is InChI=1S/C30H31Cl2N3O5/c31-23-14-33-15-24(32)26(23)27-22(29(40-35-27)19-9-10-19)11-8-17-4-6-18(7-5-17)16-38-21-12-25(39-20-2-1-3-20)28(30(36)37)34-13-21/h8,11-15,17-20H,1-7,9-10,16H2,(H,36,37)/b11-8+. The van der Waals surface area contributed by atoms with Gasteiger partial charge in [0, 0.05) is 35.5 Å². The van der Waals surface area contributed by atoms with Crippen LogP contribution in [0.1, 0.15) is 85.5 Å². The average Bonchev–Trinajstić information content (AvgIpc) is 3.69. The zero-order valence-corrected chi connectivity index (χ0v) is 23.5. The number of halogens is 2. The van der Waals surface area contributed by atoms with E-state index in [0.29, 0.717) is 51.4 Å². The maximum Gasteiger partial charge on any atom is 0.358 e. The van der Waals surface area contributed by atoms with Gasteiger partial charge < -0.3 is 19.1 Å². The average molecular weight is 584 g/mol. The van der Waals surface area contributed by atoms with E-state index in [4.69, 9.17) is 37.2 Å². The van der Waals surface area contributed by atoms with E-state index < -0.39 is 5.97 Å². The first-order valence-electron chi connectivity index (χ1n) is 14.0. The molecule has 3 fully saturated rings. The first-order chi connectivity index (χ1) is 19.5. The third kappa shape index (κ3) is 5.98. The summed E-state index contributed by atoms with van der Waals surface area (Å²) in [5.41, 5.74) is 2.21. The van der Waals surface area contributed by atoms with Crippen LogP contribution in [-0.4, -0.2) is 38.9 Å². The summed E-state index contributed by atoms with van der Waals surface area (Å²) in [6.45, 7) is 0.564. The van der Waals surface area contributed by atoms with Crippen molar-refractivity contribution in [2.75, 3.05) is 6.61 Å². The fraction of sp³-hybridized carbons (Fsp3) is 0.467. The normalized spacial score (nSPS) is 21.4. The number of allylic oxidation sites excluding steroid dienone is 1. The van der Waals surface area contributed by atoms with Crippen LogP contribution in [0.3, 0.4) is 0 Å². The predicted octanol–water partition coefficient (Wildman–Crippen LogP) is 7.84. The molecule has 3 heterocycles. The fourth-order valence-corrected chi connectivity index (χ4v) is 5.89. The Hall–Kier alpha value is -3.10. The minimum atomic E-state index is -1.10. The number of carbonyl (C=O) groups is 1. The topological polar surface area (TPSA) is 108 Å². The van der Waals surface area contributed by atoms with Crippen molar-refractivity contribution >= 4 is 35.2 Å². The van der Waals surface area contributed by atoms with Crippen molar-refractivity contribution in [3.05, 3.63) is 57.8 Å². The summed E-state index contributed by atoms with van der Waals surface area (Å²) < 4.78 is 17.7. The molecule has 210 valence electrons. The van der Waals surface area contributed by atoms with Crippen LogP contribution in [0.2, 0.25) is 10.0 Å². The Morgan fingerprint density at radius 3 is 2.45 bits per heavy atom. The summed E-state index contributed by atoms with van der Waals surface area (Å²) >= 11 is 12.9. The molecule has 0 bridgehead atoms. The zero-order chi connectivity index (χ0) is 27.6. The van der Waals surface area contributed by atoms with Crippen molar-refractivity contribution in [1.29, 1.82) is 0 Å². The minimum absolute atomic E-state index is 0.0615. The molecular weight excluding hydrogens is 553 g/mol. The van der Waals surface area contributed by atoms with Gasteiger partial charge in [0.15, 0.2) is 11.4 Å². The molecule has 0 atom stereocenters. The Morgan fingerprint density at radius 1 is 1.05 bits per heavy atom. The summed E-state index contributed by atoms with van der Waals surface area (Å²) in [6.07, 6.45) is 18.4. The quantitative estimate of drug-likeness (QED) is 0.257. The van der Waals surface area contributed by atoms with E-state index in [1.54, 1.807) is 18.5 Å². The van der Waals surface area contributed by atoms with Crippen LogP contribution in [0.4, 0.5) is 0 Å². The Kier molecular flexibility index (Phi) is 7.98. The molecule has 1 N–H and O–H groups in total. The highest BCUT2D eigenvalue weighted by molar-refractivity contribution is 6.39. The zero-order valence-electron chi connectivity index (χ0n) is 22.0. The molecule has 3 aromatic heterocycles. The molecule has 8 nitrogen and oxygen atoms in total. The Labute approximate surface area is 242 Å². The first kappa shape index (κ1) is 27.1. The van der Waals surface area contributed by atoms with Gasteiger partial charge in [0.2, 0.25) is 0 Å². The SMILES string of the molecule is O=C(O)c1ncc(OCC2CCC(/C=C/c3c(-c4c(Cl)cncc4Cl)noc3C3CC3)CC2)cc1OC1CCC1. The number of carboxylic acid groups (broad SMARTS) is 1. The maximum absolute atomic E-state index is 11.5. The van der Waals surface area contributed by atoms with Crippen LogP contribution in [0.25, 0.3) is 17.3 Å². The van der Waals surface area contributed by atoms with Crippen molar-refractivity contribution in [2.45, 2.75) is 69.8 Å². The number of ether oxygens (including phenoxy) is 2. The summed E-state index contributed by atoms with van der Waals surface area (Å²) in [7, 11) is 0. The number of rotatable bonds is 10. The molecule has 6 rings (SSSR count). The van der Waals surface area contributed by atoms with E-state index in [0.717, 1.165) is 69.1 Å². The van der Waals surface area contributed by atoms with Crippen LogP contribution in [0.15, 0.2) is 35.3 Å². The predicted molar refractivity (Wildman–Crippen MR) is 151 cm³/mol. The van der Waals surface area contributed by atoms with Gasteiger partial charge in [0.1, 0.15) is 17.2 Å². The summed E-state index contributed by atoms with van der Waals surface area (Å²) in [4.78, 5) is 19.7. The van der Waals surface area contributed by atoms with Crippen molar-refractivity contribution in [3.8, 4) is 22.8 Å². The van der Waals surface area contributed by atoms with Crippen molar-refractivity contribution in [1.82, 2.24) is 15.1 Å². The number of hydrogen-bond acceptors (Lipinski definition) is 7. The molecule has 0 radical (unpaired) electrons. The lowest BCUT2D eigenvalue weighted by Gasteiger charge is -2.28. The molecule has 0 spiro atoms. The van der Waals surface area contributed by atoms with Crippen LogP contribution >= 0.6 is 23.2 Å². The maximum atomic E-state index is 11.5. The number of nitrogens with zero attached hydrogens (tertiary/aromatic N) is 3. The van der Waals surface area contributed by atoms with Gasteiger partial charge in [-0.1, -0.05) is 40.5 Å². The number of carboxylic acids is 1. The third-order valence-corrected chi connectivity index (χ3v) is 8.66. The lowest BCUT2D eigenvalue weighted by Crippen LogP contribution is -2.25. The van der Waals surface area contributed by atoms with Crippen LogP contribution in [-0.2, 0) is 0 Å². The Morgan fingerprint density at radius 2 is 1.80 bits per heavy atom. The molecule has 3 aliphatic rings. The first-order valence-corrected chi connectivity index (χ1v) is 14.7. The van der Waals surface area contributed by atoms with Gasteiger partial charge >= 0.3 is 5.97 Å². The van der Waals surface area contributed by atoms with Crippen LogP contribution in [0.5, 0.6) is 11.5 Å². The Balaban J connectivity index is 1.07. The molecular formula is C30H31Cl2N3O5. The summed E-state index contributed by atoms with van der Waals surface area (Å²) in [5, 5.41) is 14.7. The summed E-state index contributed by atoms with van der Waals surface area (Å²) in [5.74, 6) is 1.89. The monoisotopic (exact) mass is 583 g/mol. The van der Waals surface area contributed by atoms with Crippen molar-refractivity contribution in [3.63, 3.8) is 0 Å². The van der Waals surface area contributed by atoms with Gasteiger partial charge in [-0.15, -0.1) is 0 Å². The minimum Gasteiger partial charge on any atom is -0.492 e. The second-order valence-electron chi connectivity index (χ2n) is 11.0. The second kappa shape index (κ2) is 11.8. The molecule has 0 saturated heterocycles. The van der Waals surface area contributed by atoms with E-state index in [9.17, 15) is 9.90 Å². The third-order valence-electron chi connectivity index (χ3n) is 8.08. The second-order valence-corrected chi connectivity index (χ2v) is 11.8. The van der Waals surface area contributed by atoms with E-state index in [-0.39, 0.29) is 17.5 Å². The summed E-state index contributed by atoms with van der Waals surface area (Å²) in [6, 6.07) is 1.67. The lowest BCUT2D eigenvalue weighted by atomic mass is 9.82. The molecule has 3 aliphatic carbocycles. The van der Waals surface area contributed by atoms with Crippen LogP contribution in [0, 0.1) is 11.8 Å². The fourth-order valence-electron chi connectivity index (χ4n) is 5.35. The van der Waals surface area contributed by atoms with Crippen LogP contribution < -0.4 is 9.47 Å². The molecule has 0 aliphatic heterocycles. The highest BCUT2D eigenvalue weighted by atomic mass is 35.5. The molecule has 0 unspecified atom stereocenters. The largest absolute Gasteiger partial charge is 0.492 e. The Bertz CT molecular complexity index is 1390. The van der Waals surface area contributed by atoms with Gasteiger partial charge in [0.25, 0.3) is 0 Å². The van der Waals surface area contributed by atoms with Gasteiger partial charge in [-0.25, -0.2) is 9.78 Å². The van der Waals surface area contributed by atoms with Gasteiger partial charge in [-0.05, 0) is 69.6 Å². The van der Waals surface area contributed by atoms with E-state index in [2.05, 4.69) is 27.3 Å². The van der Waals surface area contributed by atoms with E-state index >= 15 is 0 Å². The number of hydrogen-bond donors (Lipinski definition) is 1. The molecule has 3 aromatic rings. The molecule has 0 aromatic carbocycles. The van der Waals surface area contributed by atoms with Gasteiger partial charge in [-0.3, -0.25) is 4.98 Å². The lowest BCUT2D eigenvalue weighted by molar-refractivity contribution is 0.0671. The highest BCUT2D eigenvalue weighted by Crippen LogP contribution is 2.46. The number of aromatic carboxylic acids is 1. The number of aromatic nitrogens is 3.